The fourth-order valence-corrected chi connectivity index (χ4v) is 3.43. The number of rotatable bonds is 2. The summed E-state index contributed by atoms with van der Waals surface area (Å²) in [5.41, 5.74) is 0. The fraction of sp³-hybridized carbons (Fsp3) is 0.500. The zero-order chi connectivity index (χ0) is 7.84. The Morgan fingerprint density at radius 3 is 3.00 bits per heavy atom. The number of hydrogen-bond acceptors (Lipinski definition) is 1. The van der Waals surface area contributed by atoms with Crippen LogP contribution in [0.25, 0.3) is 0 Å². The van der Waals surface area contributed by atoms with Crippen molar-refractivity contribution in [2.45, 2.75) is 12.3 Å². The van der Waals surface area contributed by atoms with Crippen molar-refractivity contribution >= 4 is 38.9 Å². The lowest BCUT2D eigenvalue weighted by molar-refractivity contribution is 0.950. The van der Waals surface area contributed by atoms with Crippen LogP contribution in [0.2, 0.25) is 5.02 Å². The predicted molar refractivity (Wildman–Crippen MR) is 54.0 cm³/mol. The lowest BCUT2D eigenvalue weighted by Gasteiger charge is -1.92. The molecule has 60 valence electrons. The first-order valence-corrected chi connectivity index (χ1v) is 5.99. The van der Waals surface area contributed by atoms with Gasteiger partial charge in [0.2, 0.25) is 0 Å². The molecule has 0 radical (unpaired) electrons. The van der Waals surface area contributed by atoms with Gasteiger partial charge in [0.25, 0.3) is 0 Å². The third-order valence-electron chi connectivity index (χ3n) is 2.10. The van der Waals surface area contributed by atoms with E-state index in [4.69, 9.17) is 11.6 Å². The second-order valence-electron chi connectivity index (χ2n) is 2.89. The van der Waals surface area contributed by atoms with E-state index in [1.165, 1.54) is 11.3 Å². The highest BCUT2D eigenvalue weighted by Gasteiger charge is 2.39. The molecule has 0 nitrogen and oxygen atoms in total. The molecule has 2 rings (SSSR count). The molecule has 0 aliphatic heterocycles. The van der Waals surface area contributed by atoms with E-state index in [1.807, 2.05) is 6.07 Å². The smallest absolute Gasteiger partial charge is 0.0547 e. The zero-order valence-corrected chi connectivity index (χ0v) is 9.05. The van der Waals surface area contributed by atoms with Crippen LogP contribution < -0.4 is 0 Å². The van der Waals surface area contributed by atoms with Crippen molar-refractivity contribution in [1.29, 1.82) is 0 Å². The SMILES string of the molecule is Clc1ccsc1C1CC1CBr. The third kappa shape index (κ3) is 1.49. The molecule has 0 saturated heterocycles. The van der Waals surface area contributed by atoms with E-state index in [0.29, 0.717) is 0 Å². The van der Waals surface area contributed by atoms with Crippen LogP contribution in [-0.4, -0.2) is 5.33 Å². The van der Waals surface area contributed by atoms with E-state index in [2.05, 4.69) is 21.3 Å². The van der Waals surface area contributed by atoms with Crippen molar-refractivity contribution in [3.05, 3.63) is 21.3 Å². The lowest BCUT2D eigenvalue weighted by Crippen LogP contribution is -1.79. The van der Waals surface area contributed by atoms with Crippen LogP contribution >= 0.6 is 38.9 Å². The summed E-state index contributed by atoms with van der Waals surface area (Å²) in [4.78, 5) is 1.39. The first-order valence-electron chi connectivity index (χ1n) is 3.61. The average molecular weight is 252 g/mol. The molecular weight excluding hydrogens is 244 g/mol. The van der Waals surface area contributed by atoms with E-state index >= 15 is 0 Å². The van der Waals surface area contributed by atoms with Crippen LogP contribution in [0.1, 0.15) is 17.2 Å². The van der Waals surface area contributed by atoms with Crippen LogP contribution in [0.3, 0.4) is 0 Å². The van der Waals surface area contributed by atoms with Gasteiger partial charge >= 0.3 is 0 Å². The highest BCUT2D eigenvalue weighted by atomic mass is 79.9. The van der Waals surface area contributed by atoms with Crippen molar-refractivity contribution in [3.63, 3.8) is 0 Å². The van der Waals surface area contributed by atoms with Gasteiger partial charge in [0.05, 0.1) is 5.02 Å². The van der Waals surface area contributed by atoms with Crippen molar-refractivity contribution in [3.8, 4) is 0 Å². The van der Waals surface area contributed by atoms with Gasteiger partial charge in [0, 0.05) is 10.2 Å². The van der Waals surface area contributed by atoms with Crippen LogP contribution in [0.5, 0.6) is 0 Å². The summed E-state index contributed by atoms with van der Waals surface area (Å²) < 4.78 is 0. The molecule has 1 aromatic rings. The van der Waals surface area contributed by atoms with Crippen LogP contribution in [-0.2, 0) is 0 Å². The Kier molecular flexibility index (Phi) is 2.26. The normalized spacial score (nSPS) is 28.9. The van der Waals surface area contributed by atoms with Gasteiger partial charge < -0.3 is 0 Å². The van der Waals surface area contributed by atoms with E-state index in [1.54, 1.807) is 11.3 Å². The first-order chi connectivity index (χ1) is 5.33. The van der Waals surface area contributed by atoms with Crippen LogP contribution in [0, 0.1) is 5.92 Å². The molecule has 1 aromatic heterocycles. The lowest BCUT2D eigenvalue weighted by atomic mass is 10.3. The maximum absolute atomic E-state index is 5.99. The third-order valence-corrected chi connectivity index (χ3v) is 4.42. The van der Waals surface area contributed by atoms with Crippen molar-refractivity contribution < 1.29 is 0 Å². The van der Waals surface area contributed by atoms with E-state index in [-0.39, 0.29) is 0 Å². The summed E-state index contributed by atoms with van der Waals surface area (Å²) in [6.45, 7) is 0. The minimum Gasteiger partial charge on any atom is -0.147 e. The van der Waals surface area contributed by atoms with Crippen molar-refractivity contribution in [2.75, 3.05) is 5.33 Å². The maximum atomic E-state index is 5.99. The molecule has 1 heterocycles. The van der Waals surface area contributed by atoms with Gasteiger partial charge in [-0.1, -0.05) is 27.5 Å². The predicted octanol–water partition coefficient (Wildman–Crippen LogP) is 3.90. The van der Waals surface area contributed by atoms with Gasteiger partial charge in [-0.05, 0) is 29.7 Å². The molecule has 0 amide bonds. The molecule has 0 bridgehead atoms. The highest BCUT2D eigenvalue weighted by molar-refractivity contribution is 9.09. The van der Waals surface area contributed by atoms with Crippen LogP contribution in [0.15, 0.2) is 11.4 Å². The Bertz CT molecular complexity index is 258. The Morgan fingerprint density at radius 2 is 2.55 bits per heavy atom. The van der Waals surface area contributed by atoms with Crippen LogP contribution in [0.4, 0.5) is 0 Å². The summed E-state index contributed by atoms with van der Waals surface area (Å²) >= 11 is 11.3. The Balaban J connectivity index is 2.14. The van der Waals surface area contributed by atoms with Gasteiger partial charge in [0.1, 0.15) is 0 Å². The Morgan fingerprint density at radius 1 is 1.73 bits per heavy atom. The molecule has 3 heteroatoms. The first kappa shape index (κ1) is 8.09. The van der Waals surface area contributed by atoms with Gasteiger partial charge in [-0.2, -0.15) is 0 Å². The second-order valence-corrected chi connectivity index (χ2v) is 4.89. The number of halogens is 2. The van der Waals surface area contributed by atoms with Gasteiger partial charge in [0.15, 0.2) is 0 Å². The largest absolute Gasteiger partial charge is 0.147 e. The molecule has 1 fully saturated rings. The fourth-order valence-electron chi connectivity index (χ4n) is 1.31. The highest BCUT2D eigenvalue weighted by Crippen LogP contribution is 2.52. The Labute approximate surface area is 83.7 Å². The van der Waals surface area contributed by atoms with Crippen molar-refractivity contribution in [2.24, 2.45) is 5.92 Å². The summed E-state index contributed by atoms with van der Waals surface area (Å²) in [6, 6.07) is 1.99. The molecule has 0 N–H and O–H groups in total. The van der Waals surface area contributed by atoms with E-state index in [0.717, 1.165) is 22.2 Å². The average Bonchev–Trinajstić information content (AvgIpc) is 2.68. The van der Waals surface area contributed by atoms with E-state index < -0.39 is 0 Å². The Hall–Kier alpha value is 0.470. The van der Waals surface area contributed by atoms with Crippen molar-refractivity contribution in [1.82, 2.24) is 0 Å². The molecule has 0 aromatic carbocycles. The molecule has 1 aliphatic rings. The molecule has 2 unspecified atom stereocenters. The molecule has 0 spiro atoms. The molecular formula is C8H8BrClS. The van der Waals surface area contributed by atoms with Gasteiger partial charge in [-0.25, -0.2) is 0 Å². The monoisotopic (exact) mass is 250 g/mol. The summed E-state index contributed by atoms with van der Waals surface area (Å²) in [5.74, 6) is 1.59. The minimum atomic E-state index is 0.752. The second kappa shape index (κ2) is 3.08. The quantitative estimate of drug-likeness (QED) is 0.700. The number of hydrogen-bond donors (Lipinski definition) is 0. The van der Waals surface area contributed by atoms with Gasteiger partial charge in [-0.15, -0.1) is 11.3 Å². The van der Waals surface area contributed by atoms with E-state index in [9.17, 15) is 0 Å². The molecule has 1 aliphatic carbocycles. The number of alkyl halides is 1. The zero-order valence-electron chi connectivity index (χ0n) is 5.89. The standard InChI is InChI=1S/C8H8BrClS/c9-4-5-3-6(5)8-7(10)1-2-11-8/h1-2,5-6H,3-4H2. The molecule has 11 heavy (non-hydrogen) atoms. The molecule has 2 atom stereocenters. The summed E-state index contributed by atoms with van der Waals surface area (Å²) in [6.07, 6.45) is 1.31. The topological polar surface area (TPSA) is 0 Å². The summed E-state index contributed by atoms with van der Waals surface area (Å²) in [5, 5.41) is 4.15. The summed E-state index contributed by atoms with van der Waals surface area (Å²) in [7, 11) is 0. The molecule has 1 saturated carbocycles. The maximum Gasteiger partial charge on any atom is 0.0547 e. The van der Waals surface area contributed by atoms with Gasteiger partial charge in [-0.3, -0.25) is 0 Å². The minimum absolute atomic E-state index is 0.752. The number of thiophene rings is 1.